The maximum Gasteiger partial charge on any atom is 0.325 e. The summed E-state index contributed by atoms with van der Waals surface area (Å²) >= 11 is 0. The summed E-state index contributed by atoms with van der Waals surface area (Å²) in [5.41, 5.74) is 0. The number of hydrogen-bond acceptors (Lipinski definition) is 5. The van der Waals surface area contributed by atoms with Crippen LogP contribution in [-0.4, -0.2) is 49.4 Å². The van der Waals surface area contributed by atoms with Gasteiger partial charge in [0, 0.05) is 20.4 Å². The van der Waals surface area contributed by atoms with Gasteiger partial charge in [-0.1, -0.05) is 13.3 Å². The van der Waals surface area contributed by atoms with Crippen LogP contribution in [0.1, 0.15) is 52.9 Å². The van der Waals surface area contributed by atoms with Crippen molar-refractivity contribution >= 4 is 23.7 Å². The van der Waals surface area contributed by atoms with Crippen molar-refractivity contribution in [2.75, 3.05) is 19.7 Å². The van der Waals surface area contributed by atoms with Gasteiger partial charge >= 0.3 is 5.97 Å². The van der Waals surface area contributed by atoms with Gasteiger partial charge in [-0.2, -0.15) is 0 Å². The zero-order valence-corrected chi connectivity index (χ0v) is 14.8. The molecule has 0 fully saturated rings. The molecule has 0 aliphatic heterocycles. The summed E-state index contributed by atoms with van der Waals surface area (Å²) in [6.45, 7) is 5.39. The fourth-order valence-electron chi connectivity index (χ4n) is 1.92. The Balaban J connectivity index is 4.17. The van der Waals surface area contributed by atoms with Crippen LogP contribution in [0.15, 0.2) is 0 Å². The average molecular weight is 343 g/mol. The second-order valence-electron chi connectivity index (χ2n) is 5.52. The molecule has 8 nitrogen and oxygen atoms in total. The maximum atomic E-state index is 12.1. The monoisotopic (exact) mass is 343 g/mol. The van der Waals surface area contributed by atoms with E-state index in [1.807, 2.05) is 6.92 Å². The molecule has 8 heteroatoms. The third-order valence-corrected chi connectivity index (χ3v) is 3.16. The summed E-state index contributed by atoms with van der Waals surface area (Å²) in [6.07, 6.45) is 3.47. The Hall–Kier alpha value is -2.12. The molecule has 0 saturated heterocycles. The zero-order chi connectivity index (χ0) is 18.4. The number of carbonyl (C=O) groups excluding carboxylic acids is 4. The molecule has 0 aliphatic rings. The van der Waals surface area contributed by atoms with Crippen molar-refractivity contribution < 1.29 is 23.9 Å². The molecule has 0 saturated carbocycles. The summed E-state index contributed by atoms with van der Waals surface area (Å²) in [6, 6.07) is -0.705. The molecular formula is C16H29N3O5. The molecule has 3 amide bonds. The molecule has 3 N–H and O–H groups in total. The largest absolute Gasteiger partial charge is 0.464 e. The third kappa shape index (κ3) is 12.4. The van der Waals surface area contributed by atoms with Crippen LogP contribution in [0.4, 0.5) is 0 Å². The first-order valence-electron chi connectivity index (χ1n) is 8.31. The summed E-state index contributed by atoms with van der Waals surface area (Å²) in [5.74, 6) is -1.34. The SMILES string of the molecule is CCCCOC(=O)CNC(=O)[C@H](CCCCNC(C)=O)NC(C)=O. The summed E-state index contributed by atoms with van der Waals surface area (Å²) in [5, 5.41) is 7.71. The van der Waals surface area contributed by atoms with Crippen molar-refractivity contribution in [2.45, 2.75) is 58.9 Å². The van der Waals surface area contributed by atoms with E-state index in [9.17, 15) is 19.2 Å². The second-order valence-corrected chi connectivity index (χ2v) is 5.52. The molecule has 0 aromatic rings. The summed E-state index contributed by atoms with van der Waals surface area (Å²) < 4.78 is 4.95. The molecule has 1 atom stereocenters. The highest BCUT2D eigenvalue weighted by Gasteiger charge is 2.19. The molecule has 138 valence electrons. The summed E-state index contributed by atoms with van der Waals surface area (Å²) in [4.78, 5) is 45.5. The number of unbranched alkanes of at least 4 members (excludes halogenated alkanes) is 2. The predicted octanol–water partition coefficient (Wildman–Crippen LogP) is 0.257. The lowest BCUT2D eigenvalue weighted by Gasteiger charge is -2.17. The van der Waals surface area contributed by atoms with Crippen molar-refractivity contribution in [1.82, 2.24) is 16.0 Å². The van der Waals surface area contributed by atoms with Crippen molar-refractivity contribution in [3.8, 4) is 0 Å². The highest BCUT2D eigenvalue weighted by molar-refractivity contribution is 5.89. The van der Waals surface area contributed by atoms with E-state index < -0.39 is 17.9 Å². The van der Waals surface area contributed by atoms with Gasteiger partial charge in [-0.25, -0.2) is 0 Å². The molecule has 0 aliphatic carbocycles. The predicted molar refractivity (Wildman–Crippen MR) is 89.0 cm³/mol. The van der Waals surface area contributed by atoms with E-state index >= 15 is 0 Å². The second kappa shape index (κ2) is 13.3. The van der Waals surface area contributed by atoms with Gasteiger partial charge < -0.3 is 20.7 Å². The van der Waals surface area contributed by atoms with Crippen LogP contribution in [0, 0.1) is 0 Å². The number of amides is 3. The van der Waals surface area contributed by atoms with Crippen LogP contribution in [0.5, 0.6) is 0 Å². The Labute approximate surface area is 143 Å². The summed E-state index contributed by atoms with van der Waals surface area (Å²) in [7, 11) is 0. The Bertz CT molecular complexity index is 426. The van der Waals surface area contributed by atoms with Gasteiger partial charge in [0.2, 0.25) is 17.7 Å². The number of ether oxygens (including phenoxy) is 1. The van der Waals surface area contributed by atoms with Gasteiger partial charge in [0.15, 0.2) is 0 Å². The molecule has 0 heterocycles. The fourth-order valence-corrected chi connectivity index (χ4v) is 1.92. The lowest BCUT2D eigenvalue weighted by Crippen LogP contribution is -2.47. The van der Waals surface area contributed by atoms with Gasteiger partial charge in [0.1, 0.15) is 12.6 Å². The normalized spacial score (nSPS) is 11.3. The van der Waals surface area contributed by atoms with Crippen LogP contribution in [0.2, 0.25) is 0 Å². The van der Waals surface area contributed by atoms with Gasteiger partial charge in [-0.05, 0) is 25.7 Å². The smallest absolute Gasteiger partial charge is 0.325 e. The van der Waals surface area contributed by atoms with Gasteiger partial charge in [0.25, 0.3) is 0 Å². The molecule has 0 spiro atoms. The van der Waals surface area contributed by atoms with E-state index in [4.69, 9.17) is 4.74 Å². The van der Waals surface area contributed by atoms with Crippen LogP contribution < -0.4 is 16.0 Å². The minimum Gasteiger partial charge on any atom is -0.464 e. The van der Waals surface area contributed by atoms with Crippen molar-refractivity contribution in [3.63, 3.8) is 0 Å². The lowest BCUT2D eigenvalue weighted by molar-refractivity contribution is -0.144. The van der Waals surface area contributed by atoms with Crippen molar-refractivity contribution in [3.05, 3.63) is 0 Å². The minimum atomic E-state index is -0.705. The molecule has 0 aromatic carbocycles. The molecular weight excluding hydrogens is 314 g/mol. The average Bonchev–Trinajstić information content (AvgIpc) is 2.50. The number of nitrogens with one attached hydrogen (secondary N) is 3. The Morgan fingerprint density at radius 3 is 2.25 bits per heavy atom. The Kier molecular flexibility index (Phi) is 12.2. The van der Waals surface area contributed by atoms with Gasteiger partial charge in [-0.15, -0.1) is 0 Å². The molecule has 24 heavy (non-hydrogen) atoms. The molecule has 0 aromatic heterocycles. The minimum absolute atomic E-state index is 0.104. The van der Waals surface area contributed by atoms with Gasteiger partial charge in [0.05, 0.1) is 6.61 Å². The van der Waals surface area contributed by atoms with E-state index in [1.54, 1.807) is 0 Å². The third-order valence-electron chi connectivity index (χ3n) is 3.16. The highest BCUT2D eigenvalue weighted by Crippen LogP contribution is 2.01. The van der Waals surface area contributed by atoms with Crippen LogP contribution in [0.3, 0.4) is 0 Å². The van der Waals surface area contributed by atoms with Crippen LogP contribution >= 0.6 is 0 Å². The van der Waals surface area contributed by atoms with Gasteiger partial charge in [-0.3, -0.25) is 19.2 Å². The number of rotatable bonds is 12. The Morgan fingerprint density at radius 1 is 0.958 bits per heavy atom. The van der Waals surface area contributed by atoms with E-state index in [2.05, 4.69) is 16.0 Å². The first-order chi connectivity index (χ1) is 11.4. The number of esters is 1. The first kappa shape index (κ1) is 21.9. The lowest BCUT2D eigenvalue weighted by atomic mass is 10.1. The topological polar surface area (TPSA) is 114 Å². The highest BCUT2D eigenvalue weighted by atomic mass is 16.5. The van der Waals surface area contributed by atoms with E-state index in [-0.39, 0.29) is 18.4 Å². The maximum absolute atomic E-state index is 12.1. The first-order valence-corrected chi connectivity index (χ1v) is 8.31. The van der Waals surface area contributed by atoms with Crippen LogP contribution in [0.25, 0.3) is 0 Å². The fraction of sp³-hybridized carbons (Fsp3) is 0.750. The van der Waals surface area contributed by atoms with Crippen molar-refractivity contribution in [1.29, 1.82) is 0 Å². The molecule has 0 rings (SSSR count). The Morgan fingerprint density at radius 2 is 1.67 bits per heavy atom. The van der Waals surface area contributed by atoms with Crippen LogP contribution in [-0.2, 0) is 23.9 Å². The van der Waals surface area contributed by atoms with Crippen molar-refractivity contribution in [2.24, 2.45) is 0 Å². The standard InChI is InChI=1S/C16H29N3O5/c1-4-5-10-24-15(22)11-18-16(23)14(19-13(3)21)8-6-7-9-17-12(2)20/h14H,4-11H2,1-3H3,(H,17,20)(H,18,23)(H,19,21)/t14-/m0/s1. The van der Waals surface area contributed by atoms with E-state index in [1.165, 1.54) is 13.8 Å². The quantitative estimate of drug-likeness (QED) is 0.347. The molecule has 0 unspecified atom stereocenters. The number of carbonyl (C=O) groups is 4. The molecule has 0 radical (unpaired) electrons. The van der Waals surface area contributed by atoms with E-state index in [0.717, 1.165) is 12.8 Å². The van der Waals surface area contributed by atoms with E-state index in [0.29, 0.717) is 32.4 Å². The molecule has 0 bridgehead atoms. The number of hydrogen-bond donors (Lipinski definition) is 3. The zero-order valence-electron chi connectivity index (χ0n) is 14.8.